The van der Waals surface area contributed by atoms with Gasteiger partial charge in [0.2, 0.25) is 0 Å². The summed E-state index contributed by atoms with van der Waals surface area (Å²) in [6.45, 7) is 2.26. The highest BCUT2D eigenvalue weighted by Gasteiger charge is 2.39. The Kier molecular flexibility index (Phi) is 11.0. The number of carbonyl (C=O) groups excluding carboxylic acids is 1. The number of hydrogen-bond donors (Lipinski definition) is 0. The molecule has 1 aliphatic rings. The standard InChI is InChI=1S/C25H40O3S/c1-2-3-4-5-6-7-8-9-10-11-12-13-14-17-20-29(27,28)25-23-19-16-15-18-22(23)21-24(25)26/h15-16,18-19,25H,2-14,17,20-21H2,1H3. The van der Waals surface area contributed by atoms with Crippen molar-refractivity contribution in [2.45, 2.75) is 108 Å². The molecule has 1 aromatic carbocycles. The van der Waals surface area contributed by atoms with E-state index in [-0.39, 0.29) is 18.0 Å². The number of sulfone groups is 1. The third kappa shape index (κ3) is 8.24. The molecule has 0 aromatic heterocycles. The molecule has 0 radical (unpaired) electrons. The summed E-state index contributed by atoms with van der Waals surface area (Å²) in [5.74, 6) is -0.0213. The fourth-order valence-electron chi connectivity index (χ4n) is 4.41. The van der Waals surface area contributed by atoms with Crippen LogP contribution in [0.4, 0.5) is 0 Å². The van der Waals surface area contributed by atoms with Gasteiger partial charge in [-0.05, 0) is 17.5 Å². The Bertz CT molecular complexity index is 709. The van der Waals surface area contributed by atoms with E-state index in [9.17, 15) is 13.2 Å². The van der Waals surface area contributed by atoms with Crippen LogP contribution in [0.1, 0.15) is 113 Å². The molecule has 0 bridgehead atoms. The van der Waals surface area contributed by atoms with Crippen LogP contribution in [0, 0.1) is 0 Å². The van der Waals surface area contributed by atoms with Gasteiger partial charge in [0.1, 0.15) is 5.25 Å². The molecule has 1 aliphatic carbocycles. The zero-order valence-corrected chi connectivity index (χ0v) is 19.1. The second-order valence-electron chi connectivity index (χ2n) is 8.69. The number of fused-ring (bicyclic) bond motifs is 1. The Morgan fingerprint density at radius 1 is 0.759 bits per heavy atom. The van der Waals surface area contributed by atoms with Gasteiger partial charge in [0.05, 0.1) is 5.75 Å². The first-order valence-electron chi connectivity index (χ1n) is 11.9. The summed E-state index contributed by atoms with van der Waals surface area (Å²) in [6, 6.07) is 7.37. The number of rotatable bonds is 16. The summed E-state index contributed by atoms with van der Waals surface area (Å²) in [5, 5.41) is -0.916. The minimum Gasteiger partial charge on any atom is -0.297 e. The van der Waals surface area contributed by atoms with E-state index < -0.39 is 15.1 Å². The van der Waals surface area contributed by atoms with E-state index in [1.165, 1.54) is 70.6 Å². The van der Waals surface area contributed by atoms with Crippen molar-refractivity contribution in [3.8, 4) is 0 Å². The minimum atomic E-state index is -3.39. The van der Waals surface area contributed by atoms with Gasteiger partial charge in [0.25, 0.3) is 0 Å². The summed E-state index contributed by atoms with van der Waals surface area (Å²) in [7, 11) is -3.39. The molecular formula is C25H40O3S. The first kappa shape index (κ1) is 24.1. The molecule has 3 nitrogen and oxygen atoms in total. The SMILES string of the molecule is CCCCCCCCCCCCCCCCS(=O)(=O)C1C(=O)Cc2ccccc21. The van der Waals surface area contributed by atoms with Gasteiger partial charge in [-0.1, -0.05) is 115 Å². The van der Waals surface area contributed by atoms with Gasteiger partial charge >= 0.3 is 0 Å². The van der Waals surface area contributed by atoms with Crippen molar-refractivity contribution < 1.29 is 13.2 Å². The molecule has 0 saturated carbocycles. The van der Waals surface area contributed by atoms with E-state index >= 15 is 0 Å². The number of hydrogen-bond acceptors (Lipinski definition) is 3. The number of Topliss-reactive ketones (excluding diaryl/α,β-unsaturated/α-hetero) is 1. The Balaban J connectivity index is 1.51. The number of ketones is 1. The topological polar surface area (TPSA) is 51.2 Å². The average molecular weight is 421 g/mol. The van der Waals surface area contributed by atoms with E-state index in [4.69, 9.17) is 0 Å². The molecule has 1 aromatic rings. The maximum Gasteiger partial charge on any atom is 0.164 e. The molecule has 0 N–H and O–H groups in total. The lowest BCUT2D eigenvalue weighted by molar-refractivity contribution is -0.117. The van der Waals surface area contributed by atoms with Crippen LogP contribution in [0.2, 0.25) is 0 Å². The van der Waals surface area contributed by atoms with Gasteiger partial charge in [0.15, 0.2) is 15.6 Å². The lowest BCUT2D eigenvalue weighted by atomic mass is 10.0. The number of carbonyl (C=O) groups is 1. The van der Waals surface area contributed by atoms with Gasteiger partial charge in [0, 0.05) is 6.42 Å². The highest BCUT2D eigenvalue weighted by molar-refractivity contribution is 7.92. The third-order valence-electron chi connectivity index (χ3n) is 6.14. The molecular weight excluding hydrogens is 380 g/mol. The quantitative estimate of drug-likeness (QED) is 0.278. The van der Waals surface area contributed by atoms with E-state index in [0.29, 0.717) is 12.0 Å². The molecule has 0 saturated heterocycles. The molecule has 0 spiro atoms. The molecule has 1 unspecified atom stereocenters. The number of unbranched alkanes of at least 4 members (excludes halogenated alkanes) is 13. The summed E-state index contributed by atoms with van der Waals surface area (Å²) >= 11 is 0. The van der Waals surface area contributed by atoms with Crippen LogP contribution in [0.25, 0.3) is 0 Å². The highest BCUT2D eigenvalue weighted by Crippen LogP contribution is 2.35. The first-order valence-corrected chi connectivity index (χ1v) is 13.6. The van der Waals surface area contributed by atoms with Crippen LogP contribution in [0.5, 0.6) is 0 Å². The van der Waals surface area contributed by atoms with Crippen LogP contribution in [0.3, 0.4) is 0 Å². The minimum absolute atomic E-state index is 0.135. The fourth-order valence-corrected chi connectivity index (χ4v) is 6.36. The Morgan fingerprint density at radius 2 is 1.24 bits per heavy atom. The van der Waals surface area contributed by atoms with Crippen LogP contribution >= 0.6 is 0 Å². The van der Waals surface area contributed by atoms with Crippen LogP contribution < -0.4 is 0 Å². The number of benzene rings is 1. The monoisotopic (exact) mass is 420 g/mol. The Hall–Kier alpha value is -1.16. The summed E-state index contributed by atoms with van der Waals surface area (Å²) in [5.41, 5.74) is 1.59. The first-order chi connectivity index (χ1) is 14.1. The van der Waals surface area contributed by atoms with Gasteiger partial charge in [-0.3, -0.25) is 4.79 Å². The van der Waals surface area contributed by atoms with Crippen molar-refractivity contribution in [2.24, 2.45) is 0 Å². The fraction of sp³-hybridized carbons (Fsp3) is 0.720. The lowest BCUT2D eigenvalue weighted by Gasteiger charge is -2.12. The van der Waals surface area contributed by atoms with Crippen molar-refractivity contribution in [1.82, 2.24) is 0 Å². The van der Waals surface area contributed by atoms with Gasteiger partial charge in [-0.25, -0.2) is 8.42 Å². The van der Waals surface area contributed by atoms with Crippen molar-refractivity contribution in [3.63, 3.8) is 0 Å². The second kappa shape index (κ2) is 13.2. The van der Waals surface area contributed by atoms with Gasteiger partial charge in [-0.15, -0.1) is 0 Å². The molecule has 29 heavy (non-hydrogen) atoms. The van der Waals surface area contributed by atoms with Gasteiger partial charge < -0.3 is 0 Å². The molecule has 2 rings (SSSR count). The van der Waals surface area contributed by atoms with Crippen LogP contribution in [-0.2, 0) is 21.1 Å². The maximum atomic E-state index is 12.7. The van der Waals surface area contributed by atoms with E-state index in [1.54, 1.807) is 6.07 Å². The van der Waals surface area contributed by atoms with E-state index in [0.717, 1.165) is 18.4 Å². The highest BCUT2D eigenvalue weighted by atomic mass is 32.2. The molecule has 0 heterocycles. The predicted octanol–water partition coefficient (Wildman–Crippen LogP) is 6.75. The zero-order valence-electron chi connectivity index (χ0n) is 18.3. The van der Waals surface area contributed by atoms with Crippen molar-refractivity contribution in [3.05, 3.63) is 35.4 Å². The van der Waals surface area contributed by atoms with Gasteiger partial charge in [-0.2, -0.15) is 0 Å². The summed E-state index contributed by atoms with van der Waals surface area (Å²) in [4.78, 5) is 12.2. The normalized spacial score (nSPS) is 16.3. The average Bonchev–Trinajstić information content (AvgIpc) is 3.04. The van der Waals surface area contributed by atoms with Crippen LogP contribution in [-0.4, -0.2) is 20.0 Å². The van der Waals surface area contributed by atoms with E-state index in [2.05, 4.69) is 6.92 Å². The van der Waals surface area contributed by atoms with E-state index in [1.807, 2.05) is 18.2 Å². The lowest BCUT2D eigenvalue weighted by Crippen LogP contribution is -2.21. The van der Waals surface area contributed by atoms with Crippen molar-refractivity contribution >= 4 is 15.6 Å². The molecule has 0 fully saturated rings. The predicted molar refractivity (Wildman–Crippen MR) is 122 cm³/mol. The maximum absolute atomic E-state index is 12.7. The second-order valence-corrected chi connectivity index (χ2v) is 10.9. The molecule has 164 valence electrons. The van der Waals surface area contributed by atoms with Crippen molar-refractivity contribution in [1.29, 1.82) is 0 Å². The third-order valence-corrected chi connectivity index (χ3v) is 8.23. The molecule has 0 aliphatic heterocycles. The van der Waals surface area contributed by atoms with Crippen LogP contribution in [0.15, 0.2) is 24.3 Å². The summed E-state index contributed by atoms with van der Waals surface area (Å²) in [6.07, 6.45) is 17.7. The zero-order chi connectivity index (χ0) is 21.0. The van der Waals surface area contributed by atoms with Crippen molar-refractivity contribution in [2.75, 3.05) is 5.75 Å². The largest absolute Gasteiger partial charge is 0.297 e. The molecule has 1 atom stereocenters. The smallest absolute Gasteiger partial charge is 0.164 e. The Labute approximate surface area is 178 Å². The molecule has 4 heteroatoms. The molecule has 0 amide bonds. The Morgan fingerprint density at radius 3 is 1.79 bits per heavy atom. The summed E-state index contributed by atoms with van der Waals surface area (Å²) < 4.78 is 25.4.